The van der Waals surface area contributed by atoms with Crippen molar-refractivity contribution < 1.29 is 27.1 Å². The van der Waals surface area contributed by atoms with E-state index in [2.05, 4.69) is 9.97 Å². The maximum absolute atomic E-state index is 14.4. The standard InChI is InChI=1S/C22H22F3N5O2.C2H6.CH3F/c1-32-19-5-2-13(11-27-19)21-18-12-29(6-7-30(18)22(25)28-21)20(31)10-16(26)9-14-8-15(23)3-4-17(14)24;2*1-2/h2-5,8,11,16H,6-7,9-10,12,26H2,1H3;1-2H3;1H3. The highest BCUT2D eigenvalue weighted by Crippen LogP contribution is 2.28. The fraction of sp³-hybridized carbons (Fsp3) is 0.400. The molecule has 1 aromatic carbocycles. The number of hydrogen-bond donors (Lipinski definition) is 1. The Morgan fingerprint density at radius 1 is 1.14 bits per heavy atom. The van der Waals surface area contributed by atoms with Crippen molar-refractivity contribution in [1.29, 1.82) is 0 Å². The summed E-state index contributed by atoms with van der Waals surface area (Å²) in [6.07, 6.45) is 0.882. The fourth-order valence-electron chi connectivity index (χ4n) is 3.82. The van der Waals surface area contributed by atoms with Gasteiger partial charge in [-0.15, -0.1) is 0 Å². The molecule has 4 rings (SSSR count). The number of methoxy groups -OCH3 is 1. The van der Waals surface area contributed by atoms with Crippen molar-refractivity contribution in [3.05, 3.63) is 65.5 Å². The molecule has 1 atom stereocenters. The number of hydrogen-bond acceptors (Lipinski definition) is 5. The van der Waals surface area contributed by atoms with Crippen molar-refractivity contribution in [2.75, 3.05) is 20.8 Å². The summed E-state index contributed by atoms with van der Waals surface area (Å²) in [5, 5.41) is 0. The number of halogens is 4. The second-order valence-corrected chi connectivity index (χ2v) is 7.64. The van der Waals surface area contributed by atoms with Crippen LogP contribution >= 0.6 is 0 Å². The van der Waals surface area contributed by atoms with Crippen LogP contribution in [-0.4, -0.2) is 52.2 Å². The molecule has 1 aliphatic rings. The van der Waals surface area contributed by atoms with Gasteiger partial charge in [-0.25, -0.2) is 18.7 Å². The molecule has 7 nitrogen and oxygen atoms in total. The molecule has 0 saturated heterocycles. The Balaban J connectivity index is 0.00000109. The van der Waals surface area contributed by atoms with Crippen LogP contribution in [0.1, 0.15) is 31.5 Å². The highest BCUT2D eigenvalue weighted by Gasteiger charge is 2.28. The minimum atomic E-state index is -0.687. The number of nitrogens with zero attached hydrogens (tertiary/aromatic N) is 4. The first-order valence-electron chi connectivity index (χ1n) is 11.5. The monoisotopic (exact) mass is 509 g/mol. The van der Waals surface area contributed by atoms with Crippen LogP contribution in [0.5, 0.6) is 5.88 Å². The zero-order chi connectivity index (χ0) is 26.8. The number of aromatic nitrogens is 3. The van der Waals surface area contributed by atoms with Crippen LogP contribution in [0.3, 0.4) is 0 Å². The van der Waals surface area contributed by atoms with Gasteiger partial charge in [0.1, 0.15) is 11.6 Å². The average Bonchev–Trinajstić information content (AvgIpc) is 3.24. The van der Waals surface area contributed by atoms with E-state index in [-0.39, 0.29) is 37.4 Å². The molecule has 2 aromatic heterocycles. The molecule has 0 aliphatic carbocycles. The van der Waals surface area contributed by atoms with E-state index in [1.54, 1.807) is 17.0 Å². The van der Waals surface area contributed by atoms with Crippen molar-refractivity contribution in [1.82, 2.24) is 19.4 Å². The van der Waals surface area contributed by atoms with Gasteiger partial charge >= 0.3 is 0 Å². The van der Waals surface area contributed by atoms with Gasteiger partial charge in [-0.2, -0.15) is 4.39 Å². The summed E-state index contributed by atoms with van der Waals surface area (Å²) in [6.45, 7) is 4.69. The minimum absolute atomic E-state index is 0.0263. The number of carbonyl (C=O) groups is 1. The lowest BCUT2D eigenvalue weighted by molar-refractivity contribution is -0.133. The Morgan fingerprint density at radius 2 is 1.86 bits per heavy atom. The first-order valence-corrected chi connectivity index (χ1v) is 11.5. The van der Waals surface area contributed by atoms with E-state index in [0.717, 1.165) is 18.2 Å². The predicted octanol–water partition coefficient (Wildman–Crippen LogP) is 4.29. The van der Waals surface area contributed by atoms with Gasteiger partial charge in [0.2, 0.25) is 11.8 Å². The first kappa shape index (κ1) is 28.8. The molecule has 1 unspecified atom stereocenters. The Bertz CT molecular complexity index is 1140. The summed E-state index contributed by atoms with van der Waals surface area (Å²) < 4.78 is 57.6. The summed E-state index contributed by atoms with van der Waals surface area (Å²) in [5.74, 6) is -0.958. The van der Waals surface area contributed by atoms with Gasteiger partial charge in [-0.3, -0.25) is 9.18 Å². The van der Waals surface area contributed by atoms with Crippen LogP contribution < -0.4 is 10.5 Å². The molecule has 196 valence electrons. The van der Waals surface area contributed by atoms with E-state index < -0.39 is 23.8 Å². The van der Waals surface area contributed by atoms with Crippen molar-refractivity contribution >= 4 is 5.91 Å². The number of fused-ring (bicyclic) bond motifs is 1. The molecule has 11 heteroatoms. The highest BCUT2D eigenvalue weighted by atomic mass is 19.1. The molecule has 0 saturated carbocycles. The van der Waals surface area contributed by atoms with Crippen molar-refractivity contribution in [3.8, 4) is 17.1 Å². The van der Waals surface area contributed by atoms with E-state index >= 15 is 0 Å². The van der Waals surface area contributed by atoms with Gasteiger partial charge in [0, 0.05) is 43.4 Å². The molecule has 0 spiro atoms. The molecular weight excluding hydrogens is 478 g/mol. The molecule has 36 heavy (non-hydrogen) atoms. The SMILES string of the molecule is CC.CF.COc1ccc(-c2nc(F)n3c2CN(C(=O)CC(N)Cc2cc(F)ccc2F)CC3)cn1. The van der Waals surface area contributed by atoms with E-state index in [4.69, 9.17) is 10.5 Å². The molecular formula is C25H31F4N5O2. The zero-order valence-electron chi connectivity index (χ0n) is 20.8. The number of amides is 1. The number of imidazole rings is 1. The third-order valence-electron chi connectivity index (χ3n) is 5.46. The number of nitrogens with two attached hydrogens (primary N) is 1. The van der Waals surface area contributed by atoms with Gasteiger partial charge in [0.25, 0.3) is 6.08 Å². The van der Waals surface area contributed by atoms with Gasteiger partial charge in [0.15, 0.2) is 0 Å². The molecule has 1 aliphatic heterocycles. The number of carbonyl (C=O) groups excluding carboxylic acids is 1. The second-order valence-electron chi connectivity index (χ2n) is 7.64. The van der Waals surface area contributed by atoms with Crippen LogP contribution in [-0.2, 0) is 24.3 Å². The number of pyridine rings is 1. The Kier molecular flexibility index (Phi) is 10.8. The van der Waals surface area contributed by atoms with Crippen LogP contribution in [0.25, 0.3) is 11.3 Å². The third-order valence-corrected chi connectivity index (χ3v) is 5.46. The van der Waals surface area contributed by atoms with Gasteiger partial charge < -0.3 is 19.9 Å². The predicted molar refractivity (Wildman–Crippen MR) is 128 cm³/mol. The Labute approximate surface area is 207 Å². The summed E-state index contributed by atoms with van der Waals surface area (Å²) in [4.78, 5) is 22.5. The first-order chi connectivity index (χ1) is 17.4. The molecule has 1 amide bonds. The van der Waals surface area contributed by atoms with E-state index in [0.29, 0.717) is 36.6 Å². The molecule has 0 bridgehead atoms. The lowest BCUT2D eigenvalue weighted by atomic mass is 10.0. The number of alkyl halides is 1. The maximum Gasteiger partial charge on any atom is 0.290 e. The van der Waals surface area contributed by atoms with E-state index in [1.807, 2.05) is 13.8 Å². The van der Waals surface area contributed by atoms with Gasteiger partial charge in [-0.1, -0.05) is 13.8 Å². The number of ether oxygens (including phenoxy) is 1. The summed E-state index contributed by atoms with van der Waals surface area (Å²) in [7, 11) is 2.00. The lowest BCUT2D eigenvalue weighted by Crippen LogP contribution is -2.41. The van der Waals surface area contributed by atoms with Crippen molar-refractivity contribution in [3.63, 3.8) is 0 Å². The van der Waals surface area contributed by atoms with Crippen molar-refractivity contribution in [2.45, 2.75) is 45.8 Å². The summed E-state index contributed by atoms with van der Waals surface area (Å²) in [6, 6.07) is 5.83. The fourth-order valence-corrected chi connectivity index (χ4v) is 3.82. The van der Waals surface area contributed by atoms with Crippen LogP contribution in [0.15, 0.2) is 36.5 Å². The molecule has 2 N–H and O–H groups in total. The topological polar surface area (TPSA) is 86.3 Å². The van der Waals surface area contributed by atoms with E-state index in [1.165, 1.54) is 17.9 Å². The van der Waals surface area contributed by atoms with Gasteiger partial charge in [-0.05, 0) is 36.2 Å². The molecule has 3 heterocycles. The van der Waals surface area contributed by atoms with Crippen molar-refractivity contribution in [2.24, 2.45) is 5.73 Å². The Hall–Kier alpha value is -3.47. The average molecular weight is 510 g/mol. The lowest BCUT2D eigenvalue weighted by Gasteiger charge is -2.29. The van der Waals surface area contributed by atoms with E-state index in [9.17, 15) is 22.4 Å². The van der Waals surface area contributed by atoms with Crippen LogP contribution in [0.4, 0.5) is 17.6 Å². The van der Waals surface area contributed by atoms with Crippen LogP contribution in [0, 0.1) is 17.7 Å². The molecule has 0 fully saturated rings. The summed E-state index contributed by atoms with van der Waals surface area (Å²) >= 11 is 0. The molecule has 3 aromatic rings. The minimum Gasteiger partial charge on any atom is -0.481 e. The maximum atomic E-state index is 14.4. The second kappa shape index (κ2) is 13.6. The largest absolute Gasteiger partial charge is 0.481 e. The number of rotatable bonds is 6. The van der Waals surface area contributed by atoms with Crippen LogP contribution in [0.2, 0.25) is 0 Å². The van der Waals surface area contributed by atoms with Gasteiger partial charge in [0.05, 0.1) is 32.2 Å². The smallest absolute Gasteiger partial charge is 0.290 e. The number of benzene rings is 1. The third kappa shape index (κ3) is 6.81. The molecule has 0 radical (unpaired) electrons. The quantitative estimate of drug-likeness (QED) is 0.501. The Morgan fingerprint density at radius 3 is 2.50 bits per heavy atom. The zero-order valence-corrected chi connectivity index (χ0v) is 20.8. The highest BCUT2D eigenvalue weighted by molar-refractivity contribution is 5.77. The summed E-state index contributed by atoms with van der Waals surface area (Å²) in [5.41, 5.74) is 7.73. The normalized spacial score (nSPS) is 13.0.